The minimum absolute atomic E-state index is 0.151. The van der Waals surface area contributed by atoms with Crippen LogP contribution in [0.2, 0.25) is 0 Å². The molecular formula is C17H29ClF9NO2S. The summed E-state index contributed by atoms with van der Waals surface area (Å²) in [5.74, 6) is -9.05. The third kappa shape index (κ3) is 14.4. The van der Waals surface area contributed by atoms with Crippen molar-refractivity contribution in [2.45, 2.75) is 63.0 Å². The average molecular weight is 518 g/mol. The molecule has 190 valence electrons. The number of halogens is 10. The van der Waals surface area contributed by atoms with Crippen molar-refractivity contribution in [1.82, 2.24) is 4.90 Å². The van der Waals surface area contributed by atoms with Crippen molar-refractivity contribution >= 4 is 21.4 Å². The second-order valence-electron chi connectivity index (χ2n) is 7.61. The van der Waals surface area contributed by atoms with E-state index in [2.05, 4.69) is 11.6 Å². The summed E-state index contributed by atoms with van der Waals surface area (Å²) in [5.41, 5.74) is -4.32. The lowest BCUT2D eigenvalue weighted by molar-refractivity contribution is -0.254. The van der Waals surface area contributed by atoms with Crippen LogP contribution in [0.5, 0.6) is 0 Å². The predicted octanol–water partition coefficient (Wildman–Crippen LogP) is 5.87. The number of unbranched alkanes of at least 4 members (excludes halogenated alkanes) is 1. The van der Waals surface area contributed by atoms with Crippen LogP contribution in [0.25, 0.3) is 0 Å². The van der Waals surface area contributed by atoms with Gasteiger partial charge in [-0.1, -0.05) is 0 Å². The van der Waals surface area contributed by atoms with Crippen LogP contribution >= 0.6 is 11.6 Å². The molecule has 0 heterocycles. The van der Waals surface area contributed by atoms with Crippen LogP contribution in [0.1, 0.15) is 39.0 Å². The summed E-state index contributed by atoms with van der Waals surface area (Å²) in [6, 6.07) is 0. The largest absolute Gasteiger partial charge is 0.422 e. The summed E-state index contributed by atoms with van der Waals surface area (Å²) in [6.45, 7) is 0.405. The highest BCUT2D eigenvalue weighted by Crippen LogP contribution is 2.46. The molecule has 3 nitrogen and oxygen atoms in total. The first-order valence-electron chi connectivity index (χ1n) is 9.12. The Kier molecular flexibility index (Phi) is 13.4. The van der Waals surface area contributed by atoms with Gasteiger partial charge in [0.05, 0.1) is 17.4 Å². The van der Waals surface area contributed by atoms with Gasteiger partial charge in [-0.05, 0) is 40.4 Å². The standard InChI is InChI=1S/C16H26F9NO2S.CH3Cl/c1-13(17,16(23,24)25)10-12(15(20,21)22)11-14(18,19)6-9-29(27,28)8-5-4-7-26(2)3;1-2/h12H,4-11H2,1-3H3;1H3. The molecule has 0 aromatic heterocycles. The average Bonchev–Trinajstić information content (AvgIpc) is 2.56. The molecule has 2 atom stereocenters. The number of hydrogen-bond acceptors (Lipinski definition) is 3. The summed E-state index contributed by atoms with van der Waals surface area (Å²) in [7, 11) is -0.489. The molecule has 0 saturated heterocycles. The Morgan fingerprint density at radius 3 is 1.71 bits per heavy atom. The van der Waals surface area contributed by atoms with E-state index in [4.69, 9.17) is 0 Å². The number of hydrogen-bond donors (Lipinski definition) is 0. The maximum absolute atomic E-state index is 13.9. The van der Waals surface area contributed by atoms with Crippen LogP contribution < -0.4 is 0 Å². The Bertz CT molecular complexity index is 606. The van der Waals surface area contributed by atoms with Crippen LogP contribution in [-0.4, -0.2) is 75.8 Å². The molecule has 0 saturated carbocycles. The summed E-state index contributed by atoms with van der Waals surface area (Å²) in [5, 5.41) is 0. The van der Waals surface area contributed by atoms with Crippen LogP contribution in [0.4, 0.5) is 39.5 Å². The van der Waals surface area contributed by atoms with Crippen molar-refractivity contribution in [1.29, 1.82) is 0 Å². The molecule has 0 rings (SSSR count). The van der Waals surface area contributed by atoms with Crippen LogP contribution in [0.3, 0.4) is 0 Å². The summed E-state index contributed by atoms with van der Waals surface area (Å²) >= 11 is 4.64. The minimum Gasteiger partial charge on any atom is -0.309 e. The highest BCUT2D eigenvalue weighted by atomic mass is 35.5. The highest BCUT2D eigenvalue weighted by Gasteiger charge is 2.58. The molecule has 0 bridgehead atoms. The number of sulfone groups is 1. The van der Waals surface area contributed by atoms with Gasteiger partial charge in [-0.2, -0.15) is 26.3 Å². The SMILES string of the molecule is CCl.CN(C)CCCCS(=O)(=O)CCC(F)(F)CC(CC(C)(F)C(F)(F)F)C(F)(F)F. The minimum atomic E-state index is -5.66. The Hall–Kier alpha value is -0.430. The molecule has 0 radical (unpaired) electrons. The first-order chi connectivity index (χ1) is 13.7. The number of nitrogens with zero attached hydrogens (tertiary/aromatic N) is 1. The van der Waals surface area contributed by atoms with E-state index < -0.39 is 70.5 Å². The zero-order chi connectivity index (χ0) is 25.3. The van der Waals surface area contributed by atoms with Crippen molar-refractivity contribution in [2.75, 3.05) is 38.5 Å². The summed E-state index contributed by atoms with van der Waals surface area (Å²) in [4.78, 5) is 1.78. The highest BCUT2D eigenvalue weighted by molar-refractivity contribution is 7.91. The maximum Gasteiger partial charge on any atom is 0.422 e. The third-order valence-electron chi connectivity index (χ3n) is 4.32. The van der Waals surface area contributed by atoms with Gasteiger partial charge in [0, 0.05) is 25.6 Å². The maximum atomic E-state index is 13.9. The van der Waals surface area contributed by atoms with E-state index >= 15 is 0 Å². The molecule has 2 unspecified atom stereocenters. The van der Waals surface area contributed by atoms with E-state index in [1.54, 1.807) is 19.0 Å². The number of alkyl halides is 10. The van der Waals surface area contributed by atoms with Crippen LogP contribution in [-0.2, 0) is 9.84 Å². The molecule has 0 aliphatic rings. The van der Waals surface area contributed by atoms with Crippen LogP contribution in [0, 0.1) is 5.92 Å². The summed E-state index contributed by atoms with van der Waals surface area (Å²) in [6.07, 6.45) is -14.9. The molecular weight excluding hydrogens is 489 g/mol. The van der Waals surface area contributed by atoms with Crippen molar-refractivity contribution < 1.29 is 47.9 Å². The van der Waals surface area contributed by atoms with Crippen molar-refractivity contribution in [2.24, 2.45) is 5.92 Å². The van der Waals surface area contributed by atoms with Crippen molar-refractivity contribution in [3.8, 4) is 0 Å². The van der Waals surface area contributed by atoms with E-state index in [1.807, 2.05) is 0 Å². The fourth-order valence-electron chi connectivity index (χ4n) is 2.50. The van der Waals surface area contributed by atoms with Gasteiger partial charge in [0.2, 0.25) is 11.6 Å². The van der Waals surface area contributed by atoms with Crippen LogP contribution in [0.15, 0.2) is 0 Å². The molecule has 31 heavy (non-hydrogen) atoms. The van der Waals surface area contributed by atoms with Crippen molar-refractivity contribution in [3.05, 3.63) is 0 Å². The molecule has 0 aliphatic heterocycles. The molecule has 0 N–H and O–H groups in total. The molecule has 0 aromatic rings. The first kappa shape index (κ1) is 32.7. The smallest absolute Gasteiger partial charge is 0.309 e. The lowest BCUT2D eigenvalue weighted by Gasteiger charge is -2.31. The van der Waals surface area contributed by atoms with Gasteiger partial charge in [0.15, 0.2) is 9.84 Å². The van der Waals surface area contributed by atoms with Gasteiger partial charge in [-0.25, -0.2) is 21.6 Å². The zero-order valence-electron chi connectivity index (χ0n) is 17.7. The Morgan fingerprint density at radius 2 is 1.32 bits per heavy atom. The number of rotatable bonds is 12. The van der Waals surface area contributed by atoms with E-state index in [1.165, 1.54) is 6.38 Å². The fraction of sp³-hybridized carbons (Fsp3) is 1.00. The molecule has 0 amide bonds. The monoisotopic (exact) mass is 517 g/mol. The molecule has 0 aromatic carbocycles. The Balaban J connectivity index is 0. The van der Waals surface area contributed by atoms with E-state index in [0.29, 0.717) is 13.0 Å². The Morgan fingerprint density at radius 1 is 0.839 bits per heavy atom. The Labute approximate surface area is 182 Å². The molecule has 0 spiro atoms. The van der Waals surface area contributed by atoms with Gasteiger partial charge in [-0.15, -0.1) is 11.6 Å². The lowest BCUT2D eigenvalue weighted by Crippen LogP contribution is -2.44. The zero-order valence-corrected chi connectivity index (χ0v) is 19.3. The van der Waals surface area contributed by atoms with Gasteiger partial charge in [0.1, 0.15) is 0 Å². The molecule has 14 heteroatoms. The second-order valence-corrected chi connectivity index (χ2v) is 9.91. The van der Waals surface area contributed by atoms with Gasteiger partial charge in [-0.3, -0.25) is 0 Å². The van der Waals surface area contributed by atoms with E-state index in [9.17, 15) is 47.9 Å². The third-order valence-corrected chi connectivity index (χ3v) is 6.06. The predicted molar refractivity (Wildman–Crippen MR) is 102 cm³/mol. The second kappa shape index (κ2) is 12.7. The van der Waals surface area contributed by atoms with Crippen molar-refractivity contribution in [3.63, 3.8) is 0 Å². The lowest BCUT2D eigenvalue weighted by atomic mass is 9.87. The topological polar surface area (TPSA) is 37.4 Å². The van der Waals surface area contributed by atoms with E-state index in [0.717, 1.165) is 0 Å². The quantitative estimate of drug-likeness (QED) is 0.184. The summed E-state index contributed by atoms with van der Waals surface area (Å²) < 4.78 is 141. The van der Waals surface area contributed by atoms with Gasteiger partial charge >= 0.3 is 12.4 Å². The van der Waals surface area contributed by atoms with Gasteiger partial charge < -0.3 is 4.90 Å². The van der Waals surface area contributed by atoms with Gasteiger partial charge in [0.25, 0.3) is 0 Å². The molecule has 0 fully saturated rings. The molecule has 0 aliphatic carbocycles. The normalized spacial score (nSPS) is 16.5. The first-order valence-corrected chi connectivity index (χ1v) is 11.7. The fourth-order valence-corrected chi connectivity index (χ4v) is 3.96. The van der Waals surface area contributed by atoms with E-state index in [-0.39, 0.29) is 13.3 Å².